The first-order valence-corrected chi connectivity index (χ1v) is 7.75. The Balaban J connectivity index is 1.93. The van der Waals surface area contributed by atoms with Gasteiger partial charge in [-0.3, -0.25) is 4.79 Å². The molecule has 1 atom stereocenters. The highest BCUT2D eigenvalue weighted by Gasteiger charge is 2.20. The molecule has 0 bridgehead atoms. The standard InChI is InChI=1S/C14H22BrN3O/c1-3-18-10-11(15)8-13(18)14(19)16-9-12-6-4-5-7-17(12)2/h8,10,12H,3-7,9H2,1-2H3,(H,16,19). The van der Waals surface area contributed by atoms with Crippen LogP contribution in [0.3, 0.4) is 0 Å². The van der Waals surface area contributed by atoms with Crippen LogP contribution in [-0.4, -0.2) is 41.6 Å². The van der Waals surface area contributed by atoms with Gasteiger partial charge in [-0.2, -0.15) is 0 Å². The number of carbonyl (C=O) groups is 1. The van der Waals surface area contributed by atoms with Crippen molar-refractivity contribution in [1.29, 1.82) is 0 Å². The highest BCUT2D eigenvalue weighted by atomic mass is 79.9. The topological polar surface area (TPSA) is 37.3 Å². The molecule has 1 fully saturated rings. The molecule has 1 aromatic rings. The quantitative estimate of drug-likeness (QED) is 0.922. The summed E-state index contributed by atoms with van der Waals surface area (Å²) in [6, 6.07) is 2.36. The van der Waals surface area contributed by atoms with Crippen molar-refractivity contribution in [3.8, 4) is 0 Å². The third kappa shape index (κ3) is 3.60. The van der Waals surface area contributed by atoms with Crippen molar-refractivity contribution in [3.05, 3.63) is 22.4 Å². The van der Waals surface area contributed by atoms with Crippen LogP contribution < -0.4 is 5.32 Å². The molecular formula is C14H22BrN3O. The molecule has 5 heteroatoms. The van der Waals surface area contributed by atoms with E-state index < -0.39 is 0 Å². The monoisotopic (exact) mass is 327 g/mol. The molecule has 2 heterocycles. The molecule has 0 saturated carbocycles. The lowest BCUT2D eigenvalue weighted by atomic mass is 10.0. The molecule has 2 rings (SSSR count). The molecule has 1 unspecified atom stereocenters. The Bertz CT molecular complexity index is 444. The van der Waals surface area contributed by atoms with E-state index in [1.165, 1.54) is 19.3 Å². The summed E-state index contributed by atoms with van der Waals surface area (Å²) in [5, 5.41) is 3.06. The van der Waals surface area contributed by atoms with Gasteiger partial charge in [0, 0.05) is 29.8 Å². The molecule has 19 heavy (non-hydrogen) atoms. The minimum absolute atomic E-state index is 0.0199. The molecule has 1 aliphatic heterocycles. The van der Waals surface area contributed by atoms with Crippen molar-refractivity contribution in [2.75, 3.05) is 20.1 Å². The van der Waals surface area contributed by atoms with Crippen LogP contribution in [0, 0.1) is 0 Å². The van der Waals surface area contributed by atoms with Crippen LogP contribution in [0.25, 0.3) is 0 Å². The number of aromatic nitrogens is 1. The summed E-state index contributed by atoms with van der Waals surface area (Å²) in [4.78, 5) is 14.6. The largest absolute Gasteiger partial charge is 0.349 e. The number of halogens is 1. The van der Waals surface area contributed by atoms with Crippen molar-refractivity contribution in [1.82, 2.24) is 14.8 Å². The predicted molar refractivity (Wildman–Crippen MR) is 80.4 cm³/mol. The minimum Gasteiger partial charge on any atom is -0.349 e. The van der Waals surface area contributed by atoms with Crippen molar-refractivity contribution in [2.24, 2.45) is 0 Å². The minimum atomic E-state index is 0.0199. The van der Waals surface area contributed by atoms with E-state index in [-0.39, 0.29) is 5.91 Å². The van der Waals surface area contributed by atoms with Crippen LogP contribution in [0.4, 0.5) is 0 Å². The number of likely N-dealkylation sites (N-methyl/N-ethyl adjacent to an activating group) is 1. The van der Waals surface area contributed by atoms with Crippen LogP contribution in [0.2, 0.25) is 0 Å². The second-order valence-corrected chi connectivity index (χ2v) is 6.09. The number of piperidine rings is 1. The molecule has 0 spiro atoms. The molecule has 0 radical (unpaired) electrons. The Morgan fingerprint density at radius 1 is 1.53 bits per heavy atom. The molecule has 1 amide bonds. The Hall–Kier alpha value is -0.810. The lowest BCUT2D eigenvalue weighted by Crippen LogP contribution is -2.44. The molecular weight excluding hydrogens is 306 g/mol. The summed E-state index contributed by atoms with van der Waals surface area (Å²) in [7, 11) is 2.14. The number of nitrogens with zero attached hydrogens (tertiary/aromatic N) is 2. The van der Waals surface area contributed by atoms with Gasteiger partial charge in [0.2, 0.25) is 0 Å². The van der Waals surface area contributed by atoms with Crippen LogP contribution in [0.1, 0.15) is 36.7 Å². The van der Waals surface area contributed by atoms with E-state index in [0.29, 0.717) is 6.04 Å². The molecule has 1 aliphatic rings. The zero-order chi connectivity index (χ0) is 13.8. The van der Waals surface area contributed by atoms with Crippen molar-refractivity contribution >= 4 is 21.8 Å². The van der Waals surface area contributed by atoms with Gasteiger partial charge in [0.1, 0.15) is 5.69 Å². The highest BCUT2D eigenvalue weighted by Crippen LogP contribution is 2.16. The maximum absolute atomic E-state index is 12.2. The average Bonchev–Trinajstić information content (AvgIpc) is 2.79. The Labute approximate surface area is 123 Å². The fourth-order valence-electron chi connectivity index (χ4n) is 2.63. The highest BCUT2D eigenvalue weighted by molar-refractivity contribution is 9.10. The second-order valence-electron chi connectivity index (χ2n) is 5.17. The van der Waals surface area contributed by atoms with Crippen molar-refractivity contribution in [2.45, 2.75) is 38.8 Å². The van der Waals surface area contributed by atoms with Crippen LogP contribution in [0.15, 0.2) is 16.7 Å². The second kappa shape index (κ2) is 6.57. The number of aryl methyl sites for hydroxylation is 1. The van der Waals surface area contributed by atoms with Crippen molar-refractivity contribution < 1.29 is 4.79 Å². The van der Waals surface area contributed by atoms with Gasteiger partial charge in [-0.25, -0.2) is 0 Å². The van der Waals surface area contributed by atoms with E-state index >= 15 is 0 Å². The lowest BCUT2D eigenvalue weighted by molar-refractivity contribution is 0.0919. The van der Waals surface area contributed by atoms with E-state index in [4.69, 9.17) is 0 Å². The van der Waals surface area contributed by atoms with E-state index in [2.05, 4.69) is 33.2 Å². The van der Waals surface area contributed by atoms with Gasteiger partial charge in [-0.05, 0) is 55.4 Å². The number of hydrogen-bond donors (Lipinski definition) is 1. The summed E-state index contributed by atoms with van der Waals surface area (Å²) in [5.41, 5.74) is 0.729. The number of amides is 1. The van der Waals surface area contributed by atoms with Gasteiger partial charge in [0.05, 0.1) is 0 Å². The average molecular weight is 328 g/mol. The fraction of sp³-hybridized carbons (Fsp3) is 0.643. The summed E-state index contributed by atoms with van der Waals surface area (Å²) < 4.78 is 2.92. The van der Waals surface area contributed by atoms with E-state index in [1.807, 2.05) is 23.8 Å². The maximum atomic E-state index is 12.2. The number of hydrogen-bond acceptors (Lipinski definition) is 2. The van der Waals surface area contributed by atoms with Crippen LogP contribution in [0.5, 0.6) is 0 Å². The fourth-order valence-corrected chi connectivity index (χ4v) is 3.09. The molecule has 1 N–H and O–H groups in total. The first kappa shape index (κ1) is 14.6. The number of nitrogens with one attached hydrogen (secondary N) is 1. The zero-order valence-corrected chi connectivity index (χ0v) is 13.2. The lowest BCUT2D eigenvalue weighted by Gasteiger charge is -2.32. The van der Waals surface area contributed by atoms with Gasteiger partial charge in [-0.1, -0.05) is 6.42 Å². The number of likely N-dealkylation sites (tertiary alicyclic amines) is 1. The predicted octanol–water partition coefficient (Wildman–Crippen LogP) is 2.48. The Morgan fingerprint density at radius 3 is 3.00 bits per heavy atom. The normalized spacial score (nSPS) is 20.5. The molecule has 4 nitrogen and oxygen atoms in total. The third-order valence-electron chi connectivity index (χ3n) is 3.86. The van der Waals surface area contributed by atoms with Crippen LogP contribution in [-0.2, 0) is 6.54 Å². The number of carbonyl (C=O) groups excluding carboxylic acids is 1. The van der Waals surface area contributed by atoms with Gasteiger partial charge in [0.15, 0.2) is 0 Å². The summed E-state index contributed by atoms with van der Waals surface area (Å²) >= 11 is 3.42. The SMILES string of the molecule is CCn1cc(Br)cc1C(=O)NCC1CCCCN1C. The molecule has 1 aromatic heterocycles. The maximum Gasteiger partial charge on any atom is 0.268 e. The first-order valence-electron chi connectivity index (χ1n) is 6.96. The van der Waals surface area contributed by atoms with Gasteiger partial charge in [-0.15, -0.1) is 0 Å². The van der Waals surface area contributed by atoms with E-state index in [1.54, 1.807) is 0 Å². The molecule has 0 aliphatic carbocycles. The van der Waals surface area contributed by atoms with Gasteiger partial charge >= 0.3 is 0 Å². The van der Waals surface area contributed by atoms with E-state index in [9.17, 15) is 4.79 Å². The first-order chi connectivity index (χ1) is 9.11. The smallest absolute Gasteiger partial charge is 0.268 e. The third-order valence-corrected chi connectivity index (χ3v) is 4.29. The van der Waals surface area contributed by atoms with Gasteiger partial charge in [0.25, 0.3) is 5.91 Å². The molecule has 106 valence electrons. The molecule has 0 aromatic carbocycles. The Kier molecular flexibility index (Phi) is 5.05. The summed E-state index contributed by atoms with van der Waals surface area (Å²) in [6.07, 6.45) is 5.66. The summed E-state index contributed by atoms with van der Waals surface area (Å²) in [6.45, 7) is 4.72. The van der Waals surface area contributed by atoms with Crippen LogP contribution >= 0.6 is 15.9 Å². The zero-order valence-electron chi connectivity index (χ0n) is 11.7. The van der Waals surface area contributed by atoms with Crippen molar-refractivity contribution in [3.63, 3.8) is 0 Å². The molecule has 1 saturated heterocycles. The van der Waals surface area contributed by atoms with Gasteiger partial charge < -0.3 is 14.8 Å². The Morgan fingerprint density at radius 2 is 2.32 bits per heavy atom. The van der Waals surface area contributed by atoms with E-state index in [0.717, 1.165) is 29.8 Å². The summed E-state index contributed by atoms with van der Waals surface area (Å²) in [5.74, 6) is 0.0199. The number of rotatable bonds is 4.